The number of likely N-dealkylation sites (tertiary alicyclic amines) is 1. The summed E-state index contributed by atoms with van der Waals surface area (Å²) in [6.45, 7) is 4.59. The molecule has 0 spiro atoms. The minimum Gasteiger partial charge on any atom is -0.481 e. The lowest BCUT2D eigenvalue weighted by atomic mass is 9.97. The number of halogens is 3. The largest absolute Gasteiger partial charge is 0.481 e. The fourth-order valence-electron chi connectivity index (χ4n) is 5.28. The SMILES string of the molecule is CC1(C)[C@@H]2[C@@H](C(=O)N[C@H](C#N)C[C@@H]3CCNC3=O)N(C(=O)COc3c(Cl)cc(F)cc3Cl)C[C@@H]21. The highest BCUT2D eigenvalue weighted by molar-refractivity contribution is 6.37. The van der Waals surface area contributed by atoms with Crippen molar-refractivity contribution in [2.75, 3.05) is 19.7 Å². The first-order valence-electron chi connectivity index (χ1n) is 11.1. The zero-order chi connectivity index (χ0) is 24.8. The molecule has 11 heteroatoms. The molecule has 4 rings (SSSR count). The Kier molecular flexibility index (Phi) is 6.67. The molecule has 3 aliphatic rings. The van der Waals surface area contributed by atoms with E-state index < -0.39 is 36.3 Å². The summed E-state index contributed by atoms with van der Waals surface area (Å²) in [5.74, 6) is -1.86. The van der Waals surface area contributed by atoms with Gasteiger partial charge in [-0.25, -0.2) is 4.39 Å². The summed E-state index contributed by atoms with van der Waals surface area (Å²) >= 11 is 12.0. The average molecular weight is 511 g/mol. The Balaban J connectivity index is 1.44. The first-order valence-corrected chi connectivity index (χ1v) is 11.8. The average Bonchev–Trinajstić information content (AvgIpc) is 3.11. The van der Waals surface area contributed by atoms with Crippen molar-refractivity contribution < 1.29 is 23.5 Å². The summed E-state index contributed by atoms with van der Waals surface area (Å²) in [7, 11) is 0. The highest BCUT2D eigenvalue weighted by atomic mass is 35.5. The van der Waals surface area contributed by atoms with Crippen molar-refractivity contribution in [3.05, 3.63) is 28.0 Å². The summed E-state index contributed by atoms with van der Waals surface area (Å²) in [5.41, 5.74) is -0.114. The maximum absolute atomic E-state index is 13.4. The number of amides is 3. The Bertz CT molecular complexity index is 1050. The number of carbonyl (C=O) groups is 3. The molecule has 3 amide bonds. The molecule has 2 N–H and O–H groups in total. The van der Waals surface area contributed by atoms with Crippen LogP contribution in [0.15, 0.2) is 12.1 Å². The van der Waals surface area contributed by atoms with Gasteiger partial charge in [-0.05, 0) is 42.2 Å². The van der Waals surface area contributed by atoms with Crippen LogP contribution in [0.4, 0.5) is 4.39 Å². The van der Waals surface area contributed by atoms with Gasteiger partial charge >= 0.3 is 0 Å². The third kappa shape index (κ3) is 4.53. The van der Waals surface area contributed by atoms with Crippen molar-refractivity contribution in [1.29, 1.82) is 5.26 Å². The van der Waals surface area contributed by atoms with Crippen molar-refractivity contribution >= 4 is 40.9 Å². The van der Waals surface area contributed by atoms with E-state index in [0.717, 1.165) is 12.1 Å². The van der Waals surface area contributed by atoms with E-state index in [1.165, 1.54) is 4.90 Å². The van der Waals surface area contributed by atoms with Gasteiger partial charge in [0.15, 0.2) is 12.4 Å². The lowest BCUT2D eigenvalue weighted by Gasteiger charge is -2.30. The molecule has 1 aromatic rings. The molecule has 1 saturated carbocycles. The third-order valence-corrected chi connectivity index (χ3v) is 7.82. The molecule has 182 valence electrons. The number of nitrogens with zero attached hydrogens (tertiary/aromatic N) is 2. The van der Waals surface area contributed by atoms with E-state index in [2.05, 4.69) is 16.7 Å². The van der Waals surface area contributed by atoms with Crippen molar-refractivity contribution in [1.82, 2.24) is 15.5 Å². The molecule has 8 nitrogen and oxygen atoms in total. The number of ether oxygens (including phenoxy) is 1. The molecule has 1 aromatic carbocycles. The van der Waals surface area contributed by atoms with E-state index in [-0.39, 0.29) is 51.3 Å². The molecule has 0 bridgehead atoms. The number of benzene rings is 1. The van der Waals surface area contributed by atoms with Gasteiger partial charge in [-0.1, -0.05) is 37.0 Å². The standard InChI is InChI=1S/C23H25Cl2FN4O4/c1-23(2)14-9-30(17(31)10-34-20-15(24)6-12(26)7-16(20)25)19(18(14)23)22(33)29-13(8-27)5-11-3-4-28-21(11)32/h6-7,11,13-14,18-19H,3-5,9-10H2,1-2H3,(H,28,32)(H,29,33)/t11-,13-,14-,18-,19-/m0/s1. The topological polar surface area (TPSA) is 112 Å². The van der Waals surface area contributed by atoms with Crippen LogP contribution in [-0.2, 0) is 14.4 Å². The minimum atomic E-state index is -0.840. The quantitative estimate of drug-likeness (QED) is 0.585. The number of nitrogens with one attached hydrogen (secondary N) is 2. The van der Waals surface area contributed by atoms with Crippen LogP contribution in [0, 0.1) is 40.3 Å². The Morgan fingerprint density at radius 1 is 1.38 bits per heavy atom. The number of piperidine rings is 1. The summed E-state index contributed by atoms with van der Waals surface area (Å²) in [6, 6.07) is 2.52. The second-order valence-electron chi connectivity index (χ2n) is 9.63. The van der Waals surface area contributed by atoms with Crippen LogP contribution in [0.5, 0.6) is 5.75 Å². The molecule has 0 radical (unpaired) electrons. The van der Waals surface area contributed by atoms with Crippen LogP contribution < -0.4 is 15.4 Å². The van der Waals surface area contributed by atoms with Gasteiger partial charge in [-0.2, -0.15) is 5.26 Å². The van der Waals surface area contributed by atoms with Gasteiger partial charge in [0, 0.05) is 19.0 Å². The van der Waals surface area contributed by atoms with Crippen molar-refractivity contribution in [3.63, 3.8) is 0 Å². The monoisotopic (exact) mass is 510 g/mol. The molecule has 2 aliphatic heterocycles. The van der Waals surface area contributed by atoms with Gasteiger partial charge in [0.1, 0.15) is 17.9 Å². The Morgan fingerprint density at radius 3 is 2.65 bits per heavy atom. The molecule has 2 saturated heterocycles. The number of fused-ring (bicyclic) bond motifs is 1. The van der Waals surface area contributed by atoms with Crippen LogP contribution >= 0.6 is 23.2 Å². The highest BCUT2D eigenvalue weighted by Gasteiger charge is 2.69. The molecule has 0 aromatic heterocycles. The molecule has 5 atom stereocenters. The second-order valence-corrected chi connectivity index (χ2v) is 10.4. The highest BCUT2D eigenvalue weighted by Crippen LogP contribution is 2.64. The van der Waals surface area contributed by atoms with Gasteiger partial charge in [0.05, 0.1) is 16.1 Å². The molecule has 2 heterocycles. The maximum Gasteiger partial charge on any atom is 0.261 e. The predicted molar refractivity (Wildman–Crippen MR) is 121 cm³/mol. The van der Waals surface area contributed by atoms with Gasteiger partial charge < -0.3 is 20.3 Å². The number of rotatable bonds is 7. The smallest absolute Gasteiger partial charge is 0.261 e. The summed E-state index contributed by atoms with van der Waals surface area (Å²) in [4.78, 5) is 39.6. The first-order chi connectivity index (χ1) is 16.0. The Hall–Kier alpha value is -2.57. The van der Waals surface area contributed by atoms with Gasteiger partial charge in [-0.15, -0.1) is 0 Å². The molecular weight excluding hydrogens is 486 g/mol. The third-order valence-electron chi connectivity index (χ3n) is 7.26. The normalized spacial score (nSPS) is 27.4. The zero-order valence-electron chi connectivity index (χ0n) is 18.7. The van der Waals surface area contributed by atoms with Gasteiger partial charge in [0.25, 0.3) is 5.91 Å². The van der Waals surface area contributed by atoms with Crippen LogP contribution in [0.3, 0.4) is 0 Å². The zero-order valence-corrected chi connectivity index (χ0v) is 20.3. The van der Waals surface area contributed by atoms with E-state index in [0.29, 0.717) is 19.5 Å². The van der Waals surface area contributed by atoms with Crippen molar-refractivity contribution in [3.8, 4) is 11.8 Å². The lowest BCUT2D eigenvalue weighted by Crippen LogP contribution is -2.53. The Morgan fingerprint density at radius 2 is 2.06 bits per heavy atom. The number of carbonyl (C=O) groups excluding carboxylic acids is 3. The molecular formula is C23H25Cl2FN4O4. The van der Waals surface area contributed by atoms with Gasteiger partial charge in [0.2, 0.25) is 11.8 Å². The minimum absolute atomic E-state index is 0.0110. The summed E-state index contributed by atoms with van der Waals surface area (Å²) in [5, 5.41) is 14.9. The van der Waals surface area contributed by atoms with E-state index in [9.17, 15) is 24.0 Å². The Labute approximate surface area is 206 Å². The van der Waals surface area contributed by atoms with Crippen LogP contribution in [0.25, 0.3) is 0 Å². The van der Waals surface area contributed by atoms with Crippen LogP contribution in [-0.4, -0.2) is 54.4 Å². The summed E-state index contributed by atoms with van der Waals surface area (Å²) in [6.07, 6.45) is 0.835. The maximum atomic E-state index is 13.4. The lowest BCUT2D eigenvalue weighted by molar-refractivity contribution is -0.142. The number of hydrogen-bond donors (Lipinski definition) is 2. The van der Waals surface area contributed by atoms with Gasteiger partial charge in [-0.3, -0.25) is 14.4 Å². The summed E-state index contributed by atoms with van der Waals surface area (Å²) < 4.78 is 18.9. The van der Waals surface area contributed by atoms with E-state index in [1.54, 1.807) is 0 Å². The molecule has 1 aliphatic carbocycles. The van der Waals surface area contributed by atoms with Crippen LogP contribution in [0.2, 0.25) is 10.0 Å². The van der Waals surface area contributed by atoms with E-state index >= 15 is 0 Å². The van der Waals surface area contributed by atoms with Crippen LogP contribution in [0.1, 0.15) is 26.7 Å². The van der Waals surface area contributed by atoms with E-state index in [4.69, 9.17) is 27.9 Å². The molecule has 3 fully saturated rings. The van der Waals surface area contributed by atoms with E-state index in [1.807, 2.05) is 13.8 Å². The fraction of sp³-hybridized carbons (Fsp3) is 0.565. The first kappa shape index (κ1) is 24.6. The predicted octanol–water partition coefficient (Wildman–Crippen LogP) is 2.53. The number of nitriles is 1. The van der Waals surface area contributed by atoms with Crippen molar-refractivity contribution in [2.24, 2.45) is 23.2 Å². The molecule has 34 heavy (non-hydrogen) atoms. The second kappa shape index (κ2) is 9.23. The molecule has 0 unspecified atom stereocenters. The van der Waals surface area contributed by atoms with Crippen molar-refractivity contribution in [2.45, 2.75) is 38.8 Å². The number of hydrogen-bond acceptors (Lipinski definition) is 5. The fourth-order valence-corrected chi connectivity index (χ4v) is 5.85.